The standard InChI is InChI=1S/C17H20N4/c18-10-13-20(16-4-1-2-5-16)14-15-6-8-17(9-7-15)21-12-3-11-19-21/h3,6-9,11-12,16H,1-2,4-5,13-14H2. The average Bonchev–Trinajstić information content (AvgIpc) is 3.21. The van der Waals surface area contributed by atoms with E-state index in [4.69, 9.17) is 5.26 Å². The average molecular weight is 280 g/mol. The minimum absolute atomic E-state index is 0.519. The Morgan fingerprint density at radius 1 is 1.24 bits per heavy atom. The van der Waals surface area contributed by atoms with Gasteiger partial charge in [0.05, 0.1) is 18.3 Å². The summed E-state index contributed by atoms with van der Waals surface area (Å²) in [6.07, 6.45) is 8.77. The molecule has 4 heteroatoms. The molecule has 1 aliphatic carbocycles. The number of nitriles is 1. The van der Waals surface area contributed by atoms with Crippen molar-refractivity contribution in [3.8, 4) is 11.8 Å². The third-order valence-corrected chi connectivity index (χ3v) is 4.21. The Hall–Kier alpha value is -2.12. The van der Waals surface area contributed by atoms with Gasteiger partial charge in [-0.1, -0.05) is 25.0 Å². The first-order valence-electron chi connectivity index (χ1n) is 7.57. The Labute approximate surface area is 125 Å². The van der Waals surface area contributed by atoms with Crippen LogP contribution in [0.3, 0.4) is 0 Å². The zero-order chi connectivity index (χ0) is 14.5. The Morgan fingerprint density at radius 3 is 2.62 bits per heavy atom. The SMILES string of the molecule is N#CCN(Cc1ccc(-n2cccn2)cc1)C1CCCC1. The summed E-state index contributed by atoms with van der Waals surface area (Å²) in [5.41, 5.74) is 2.32. The highest BCUT2D eigenvalue weighted by atomic mass is 15.3. The van der Waals surface area contributed by atoms with Gasteiger partial charge in [0.1, 0.15) is 0 Å². The molecule has 1 fully saturated rings. The van der Waals surface area contributed by atoms with Crippen molar-refractivity contribution in [3.05, 3.63) is 48.3 Å². The predicted octanol–water partition coefficient (Wildman–Crippen LogP) is 3.14. The molecule has 0 N–H and O–H groups in total. The molecule has 1 saturated carbocycles. The lowest BCUT2D eigenvalue weighted by atomic mass is 10.1. The van der Waals surface area contributed by atoms with Crippen LogP contribution in [0.15, 0.2) is 42.7 Å². The van der Waals surface area contributed by atoms with Gasteiger partial charge in [0.15, 0.2) is 0 Å². The van der Waals surface area contributed by atoms with Crippen LogP contribution in [-0.4, -0.2) is 27.3 Å². The second kappa shape index (κ2) is 6.55. The molecule has 0 unspecified atom stereocenters. The van der Waals surface area contributed by atoms with Crippen LogP contribution in [0.5, 0.6) is 0 Å². The largest absolute Gasteiger partial charge is 0.283 e. The lowest BCUT2D eigenvalue weighted by molar-refractivity contribution is 0.214. The Bertz CT molecular complexity index is 589. The summed E-state index contributed by atoms with van der Waals surface area (Å²) in [6.45, 7) is 1.38. The number of aromatic nitrogens is 2. The molecule has 1 aromatic carbocycles. The fraction of sp³-hybridized carbons (Fsp3) is 0.412. The number of hydrogen-bond acceptors (Lipinski definition) is 3. The maximum absolute atomic E-state index is 9.04. The fourth-order valence-corrected chi connectivity index (χ4v) is 3.08. The number of rotatable bonds is 5. The van der Waals surface area contributed by atoms with E-state index >= 15 is 0 Å². The molecule has 1 aliphatic rings. The summed E-state index contributed by atoms with van der Waals surface area (Å²) in [5, 5.41) is 13.3. The van der Waals surface area contributed by atoms with E-state index in [9.17, 15) is 0 Å². The summed E-state index contributed by atoms with van der Waals surface area (Å²) >= 11 is 0. The molecule has 0 radical (unpaired) electrons. The Morgan fingerprint density at radius 2 is 2.00 bits per heavy atom. The molecule has 0 bridgehead atoms. The normalized spacial score (nSPS) is 15.4. The number of nitrogens with zero attached hydrogens (tertiary/aromatic N) is 4. The van der Waals surface area contributed by atoms with Crippen molar-refractivity contribution in [2.75, 3.05) is 6.54 Å². The van der Waals surface area contributed by atoms with Gasteiger partial charge >= 0.3 is 0 Å². The molecular weight excluding hydrogens is 260 g/mol. The van der Waals surface area contributed by atoms with Crippen molar-refractivity contribution >= 4 is 0 Å². The molecule has 0 saturated heterocycles. The highest BCUT2D eigenvalue weighted by Crippen LogP contribution is 2.24. The van der Waals surface area contributed by atoms with Gasteiger partial charge < -0.3 is 0 Å². The van der Waals surface area contributed by atoms with Crippen LogP contribution in [0.25, 0.3) is 5.69 Å². The van der Waals surface area contributed by atoms with Crippen molar-refractivity contribution in [3.63, 3.8) is 0 Å². The van der Waals surface area contributed by atoms with Crippen LogP contribution in [0.2, 0.25) is 0 Å². The second-order valence-electron chi connectivity index (χ2n) is 5.62. The van der Waals surface area contributed by atoms with Crippen molar-refractivity contribution in [1.29, 1.82) is 5.26 Å². The summed E-state index contributed by atoms with van der Waals surface area (Å²) in [5.74, 6) is 0. The Balaban J connectivity index is 1.69. The van der Waals surface area contributed by atoms with Gasteiger partial charge in [-0.15, -0.1) is 0 Å². The van der Waals surface area contributed by atoms with E-state index in [1.807, 2.05) is 16.9 Å². The maximum atomic E-state index is 9.04. The first kappa shape index (κ1) is 13.8. The van der Waals surface area contributed by atoms with Gasteiger partial charge in [-0.25, -0.2) is 4.68 Å². The summed E-state index contributed by atoms with van der Waals surface area (Å²) in [7, 11) is 0. The molecule has 3 rings (SSSR count). The van der Waals surface area contributed by atoms with Crippen molar-refractivity contribution in [1.82, 2.24) is 14.7 Å². The van der Waals surface area contributed by atoms with Gasteiger partial charge in [-0.3, -0.25) is 4.90 Å². The van der Waals surface area contributed by atoms with Gasteiger partial charge in [0, 0.05) is 25.0 Å². The molecule has 21 heavy (non-hydrogen) atoms. The molecule has 2 aromatic rings. The molecule has 1 aromatic heterocycles. The van der Waals surface area contributed by atoms with Crippen LogP contribution in [0.1, 0.15) is 31.2 Å². The van der Waals surface area contributed by atoms with Crippen LogP contribution in [0, 0.1) is 11.3 Å². The molecule has 0 spiro atoms. The Kier molecular flexibility index (Phi) is 4.32. The van der Waals surface area contributed by atoms with Gasteiger partial charge in [0.2, 0.25) is 0 Å². The highest BCUT2D eigenvalue weighted by molar-refractivity contribution is 5.33. The highest BCUT2D eigenvalue weighted by Gasteiger charge is 2.22. The molecule has 0 atom stereocenters. The van der Waals surface area contributed by atoms with E-state index in [1.165, 1.54) is 31.2 Å². The monoisotopic (exact) mass is 280 g/mol. The van der Waals surface area contributed by atoms with Crippen LogP contribution < -0.4 is 0 Å². The second-order valence-corrected chi connectivity index (χ2v) is 5.62. The fourth-order valence-electron chi connectivity index (χ4n) is 3.08. The van der Waals surface area contributed by atoms with Crippen molar-refractivity contribution < 1.29 is 0 Å². The van der Waals surface area contributed by atoms with E-state index < -0.39 is 0 Å². The van der Waals surface area contributed by atoms with Crippen molar-refractivity contribution in [2.45, 2.75) is 38.3 Å². The quantitative estimate of drug-likeness (QED) is 0.790. The zero-order valence-corrected chi connectivity index (χ0v) is 12.2. The van der Waals surface area contributed by atoms with E-state index in [1.54, 1.807) is 6.20 Å². The number of hydrogen-bond donors (Lipinski definition) is 0. The summed E-state index contributed by atoms with van der Waals surface area (Å²) in [6, 6.07) is 13.2. The smallest absolute Gasteiger partial charge is 0.0871 e. The molecular formula is C17H20N4. The lowest BCUT2D eigenvalue weighted by Gasteiger charge is -2.26. The van der Waals surface area contributed by atoms with E-state index in [0.29, 0.717) is 12.6 Å². The van der Waals surface area contributed by atoms with E-state index in [2.05, 4.69) is 40.3 Å². The molecule has 108 valence electrons. The predicted molar refractivity (Wildman–Crippen MR) is 81.8 cm³/mol. The third kappa shape index (κ3) is 3.32. The maximum Gasteiger partial charge on any atom is 0.0871 e. The lowest BCUT2D eigenvalue weighted by Crippen LogP contribution is -2.33. The van der Waals surface area contributed by atoms with Gasteiger partial charge in [-0.05, 0) is 36.6 Å². The molecule has 0 amide bonds. The number of benzene rings is 1. The minimum Gasteiger partial charge on any atom is -0.283 e. The van der Waals surface area contributed by atoms with Gasteiger partial charge in [0.25, 0.3) is 0 Å². The van der Waals surface area contributed by atoms with Crippen LogP contribution in [0.4, 0.5) is 0 Å². The summed E-state index contributed by atoms with van der Waals surface area (Å²) < 4.78 is 1.85. The first-order chi connectivity index (χ1) is 10.4. The molecule has 0 aliphatic heterocycles. The molecule has 4 nitrogen and oxygen atoms in total. The minimum atomic E-state index is 0.519. The van der Waals surface area contributed by atoms with Crippen LogP contribution in [-0.2, 0) is 6.54 Å². The van der Waals surface area contributed by atoms with Crippen LogP contribution >= 0.6 is 0 Å². The third-order valence-electron chi connectivity index (χ3n) is 4.21. The van der Waals surface area contributed by atoms with E-state index in [0.717, 1.165) is 12.2 Å². The van der Waals surface area contributed by atoms with Gasteiger partial charge in [-0.2, -0.15) is 10.4 Å². The summed E-state index contributed by atoms with van der Waals surface area (Å²) in [4.78, 5) is 2.32. The molecule has 1 heterocycles. The zero-order valence-electron chi connectivity index (χ0n) is 12.2. The van der Waals surface area contributed by atoms with E-state index in [-0.39, 0.29) is 0 Å². The van der Waals surface area contributed by atoms with Crippen molar-refractivity contribution in [2.24, 2.45) is 0 Å². The topological polar surface area (TPSA) is 44.9 Å². The first-order valence-corrected chi connectivity index (χ1v) is 7.57.